The first kappa shape index (κ1) is 18.7. The molecule has 6 heteroatoms. The molecule has 1 N–H and O–H groups in total. The Morgan fingerprint density at radius 1 is 1.21 bits per heavy atom. The molecule has 24 heavy (non-hydrogen) atoms. The van der Waals surface area contributed by atoms with Gasteiger partial charge in [0.15, 0.2) is 0 Å². The predicted molar refractivity (Wildman–Crippen MR) is 96.3 cm³/mol. The summed E-state index contributed by atoms with van der Waals surface area (Å²) in [6, 6.07) is 8.21. The monoisotopic (exact) mass is 351 g/mol. The van der Waals surface area contributed by atoms with E-state index < -0.39 is 0 Å². The molecule has 2 saturated heterocycles. The fourth-order valence-corrected chi connectivity index (χ4v) is 3.35. The third-order valence-corrected chi connectivity index (χ3v) is 5.04. The molecular weight excluding hydrogens is 326 g/mol. The van der Waals surface area contributed by atoms with Crippen molar-refractivity contribution in [1.82, 2.24) is 15.1 Å². The summed E-state index contributed by atoms with van der Waals surface area (Å²) in [7, 11) is 0. The maximum atomic E-state index is 12.7. The van der Waals surface area contributed by atoms with Gasteiger partial charge in [0.2, 0.25) is 5.91 Å². The van der Waals surface area contributed by atoms with E-state index in [9.17, 15) is 9.59 Å². The largest absolute Gasteiger partial charge is 0.338 e. The van der Waals surface area contributed by atoms with Crippen LogP contribution in [0.15, 0.2) is 24.3 Å². The summed E-state index contributed by atoms with van der Waals surface area (Å²) in [5.74, 6) is 0.323. The van der Waals surface area contributed by atoms with E-state index in [-0.39, 0.29) is 30.3 Å². The van der Waals surface area contributed by atoms with Gasteiger partial charge in [-0.3, -0.25) is 9.59 Å². The molecule has 2 aliphatic heterocycles. The number of nitrogens with one attached hydrogen (secondary N) is 1. The van der Waals surface area contributed by atoms with Crippen molar-refractivity contribution in [3.8, 4) is 0 Å². The number of rotatable bonds is 3. The number of nitrogens with zero attached hydrogens (tertiary/aromatic N) is 2. The van der Waals surface area contributed by atoms with E-state index >= 15 is 0 Å². The Balaban J connectivity index is 0.00000208. The van der Waals surface area contributed by atoms with Crippen molar-refractivity contribution >= 4 is 24.2 Å². The van der Waals surface area contributed by atoms with E-state index in [1.807, 2.05) is 34.1 Å². The average molecular weight is 352 g/mol. The molecule has 1 aromatic carbocycles. The van der Waals surface area contributed by atoms with E-state index in [1.54, 1.807) is 0 Å². The van der Waals surface area contributed by atoms with E-state index in [4.69, 9.17) is 0 Å². The van der Waals surface area contributed by atoms with Gasteiger partial charge in [-0.15, -0.1) is 12.4 Å². The summed E-state index contributed by atoms with van der Waals surface area (Å²) in [4.78, 5) is 28.2. The SMILES string of the molecule is CC1NCCN(C(=O)c2ccc(CN3CCCC3=O)cc2)C1C.Cl. The van der Waals surface area contributed by atoms with Gasteiger partial charge in [-0.1, -0.05) is 12.1 Å². The van der Waals surface area contributed by atoms with Crippen LogP contribution in [0.25, 0.3) is 0 Å². The lowest BCUT2D eigenvalue weighted by Gasteiger charge is -2.38. The average Bonchev–Trinajstić information content (AvgIpc) is 2.95. The summed E-state index contributed by atoms with van der Waals surface area (Å²) in [6.07, 6.45) is 1.62. The van der Waals surface area contributed by atoms with Crippen LogP contribution in [-0.4, -0.2) is 53.3 Å². The molecule has 2 heterocycles. The Hall–Kier alpha value is -1.59. The first-order valence-electron chi connectivity index (χ1n) is 8.47. The third kappa shape index (κ3) is 3.90. The highest BCUT2D eigenvalue weighted by atomic mass is 35.5. The summed E-state index contributed by atoms with van der Waals surface area (Å²) < 4.78 is 0. The van der Waals surface area contributed by atoms with Crippen LogP contribution >= 0.6 is 12.4 Å². The van der Waals surface area contributed by atoms with E-state index in [0.29, 0.717) is 19.0 Å². The van der Waals surface area contributed by atoms with Gasteiger partial charge in [-0.2, -0.15) is 0 Å². The molecular formula is C18H26ClN3O2. The molecule has 1 aromatic rings. The fraction of sp³-hybridized carbons (Fsp3) is 0.556. The second-order valence-corrected chi connectivity index (χ2v) is 6.60. The molecule has 2 fully saturated rings. The number of amides is 2. The minimum Gasteiger partial charge on any atom is -0.338 e. The van der Waals surface area contributed by atoms with E-state index in [0.717, 1.165) is 37.2 Å². The van der Waals surface area contributed by atoms with Gasteiger partial charge >= 0.3 is 0 Å². The molecule has 0 aliphatic carbocycles. The van der Waals surface area contributed by atoms with Crippen LogP contribution in [-0.2, 0) is 11.3 Å². The van der Waals surface area contributed by atoms with Gasteiger partial charge in [0, 0.05) is 50.2 Å². The Kier molecular flexibility index (Phi) is 6.24. The lowest BCUT2D eigenvalue weighted by atomic mass is 10.0. The number of hydrogen-bond acceptors (Lipinski definition) is 3. The molecule has 0 spiro atoms. The van der Waals surface area contributed by atoms with Gasteiger partial charge in [0.1, 0.15) is 0 Å². The van der Waals surface area contributed by atoms with Crippen molar-refractivity contribution in [2.24, 2.45) is 0 Å². The van der Waals surface area contributed by atoms with Gasteiger partial charge in [0.25, 0.3) is 5.91 Å². The van der Waals surface area contributed by atoms with Crippen molar-refractivity contribution in [3.63, 3.8) is 0 Å². The molecule has 0 bridgehead atoms. The number of hydrogen-bond donors (Lipinski definition) is 1. The first-order valence-corrected chi connectivity index (χ1v) is 8.47. The summed E-state index contributed by atoms with van der Waals surface area (Å²) >= 11 is 0. The smallest absolute Gasteiger partial charge is 0.254 e. The van der Waals surface area contributed by atoms with Crippen molar-refractivity contribution in [2.45, 2.75) is 45.3 Å². The topological polar surface area (TPSA) is 52.7 Å². The molecule has 0 aromatic heterocycles. The minimum absolute atomic E-state index is 0. The first-order chi connectivity index (χ1) is 11.1. The van der Waals surface area contributed by atoms with Crippen LogP contribution < -0.4 is 5.32 Å². The quantitative estimate of drug-likeness (QED) is 0.906. The molecule has 2 unspecified atom stereocenters. The molecule has 5 nitrogen and oxygen atoms in total. The number of piperazine rings is 1. The standard InChI is InChI=1S/C18H25N3O2.ClH/c1-13-14(2)21(11-9-19-13)18(23)16-7-5-15(6-8-16)12-20-10-3-4-17(20)22;/h5-8,13-14,19H,3-4,9-12H2,1-2H3;1H. The maximum Gasteiger partial charge on any atom is 0.254 e. The number of carbonyl (C=O) groups excluding carboxylic acids is 2. The summed E-state index contributed by atoms with van der Waals surface area (Å²) in [5.41, 5.74) is 1.81. The molecule has 132 valence electrons. The van der Waals surface area contributed by atoms with Gasteiger partial charge in [-0.25, -0.2) is 0 Å². The van der Waals surface area contributed by atoms with Crippen LogP contribution in [0.4, 0.5) is 0 Å². The number of carbonyl (C=O) groups is 2. The second-order valence-electron chi connectivity index (χ2n) is 6.60. The predicted octanol–water partition coefficient (Wildman–Crippen LogP) is 2.05. The molecule has 0 radical (unpaired) electrons. The second kappa shape index (κ2) is 7.99. The molecule has 2 atom stereocenters. The number of halogens is 1. The number of benzene rings is 1. The van der Waals surface area contributed by atoms with Crippen molar-refractivity contribution in [3.05, 3.63) is 35.4 Å². The molecule has 3 rings (SSSR count). The van der Waals surface area contributed by atoms with Crippen molar-refractivity contribution < 1.29 is 9.59 Å². The highest BCUT2D eigenvalue weighted by Crippen LogP contribution is 2.17. The molecule has 2 amide bonds. The van der Waals surface area contributed by atoms with Gasteiger partial charge in [-0.05, 0) is 38.0 Å². The summed E-state index contributed by atoms with van der Waals surface area (Å²) in [5, 5.41) is 3.39. The number of likely N-dealkylation sites (tertiary alicyclic amines) is 1. The zero-order valence-corrected chi connectivity index (χ0v) is 15.1. The van der Waals surface area contributed by atoms with Gasteiger partial charge in [0.05, 0.1) is 0 Å². The lowest BCUT2D eigenvalue weighted by molar-refractivity contribution is -0.128. The normalized spacial score (nSPS) is 24.0. The molecule has 0 saturated carbocycles. The lowest BCUT2D eigenvalue weighted by Crippen LogP contribution is -2.57. The molecule has 2 aliphatic rings. The minimum atomic E-state index is 0. The fourth-order valence-electron chi connectivity index (χ4n) is 3.35. The third-order valence-electron chi connectivity index (χ3n) is 5.04. The zero-order valence-electron chi connectivity index (χ0n) is 14.3. The highest BCUT2D eigenvalue weighted by molar-refractivity contribution is 5.94. The van der Waals surface area contributed by atoms with Crippen LogP contribution in [0.5, 0.6) is 0 Å². The maximum absolute atomic E-state index is 12.7. The van der Waals surface area contributed by atoms with Crippen LogP contribution in [0, 0.1) is 0 Å². The Labute approximate surface area is 149 Å². The van der Waals surface area contributed by atoms with Crippen LogP contribution in [0.3, 0.4) is 0 Å². The van der Waals surface area contributed by atoms with E-state index in [2.05, 4.69) is 19.2 Å². The summed E-state index contributed by atoms with van der Waals surface area (Å²) in [6.45, 7) is 7.27. The Morgan fingerprint density at radius 3 is 2.54 bits per heavy atom. The van der Waals surface area contributed by atoms with Gasteiger partial charge < -0.3 is 15.1 Å². The Morgan fingerprint density at radius 2 is 1.92 bits per heavy atom. The van der Waals surface area contributed by atoms with Crippen LogP contribution in [0.2, 0.25) is 0 Å². The Bertz CT molecular complexity index is 590. The van der Waals surface area contributed by atoms with Crippen molar-refractivity contribution in [2.75, 3.05) is 19.6 Å². The van der Waals surface area contributed by atoms with Crippen molar-refractivity contribution in [1.29, 1.82) is 0 Å². The zero-order chi connectivity index (χ0) is 16.4. The highest BCUT2D eigenvalue weighted by Gasteiger charge is 2.28. The van der Waals surface area contributed by atoms with Crippen LogP contribution in [0.1, 0.15) is 42.6 Å². The van der Waals surface area contributed by atoms with E-state index in [1.165, 1.54) is 0 Å².